The van der Waals surface area contributed by atoms with Gasteiger partial charge in [-0.05, 0) is 37.5 Å². The van der Waals surface area contributed by atoms with Gasteiger partial charge in [0.1, 0.15) is 23.2 Å². The van der Waals surface area contributed by atoms with Gasteiger partial charge in [-0.25, -0.2) is 13.9 Å². The van der Waals surface area contributed by atoms with Crippen LogP contribution in [0.1, 0.15) is 41.7 Å². The summed E-state index contributed by atoms with van der Waals surface area (Å²) in [5, 5.41) is 5.92. The fourth-order valence-corrected chi connectivity index (χ4v) is 3.53. The molecule has 11 heteroatoms. The van der Waals surface area contributed by atoms with Gasteiger partial charge >= 0.3 is 6.18 Å². The number of carbonyl (C=O) groups excluding carboxylic acids is 1. The summed E-state index contributed by atoms with van der Waals surface area (Å²) in [6.07, 6.45) is 2.56. The standard InChI is InChI=1S/C19H18F4N6O/c1-11(19(21,22)23)26-18(30)14-10-25-29-6-4-16(27-17(14)29)28-5-2-3-15(28)12-7-13(20)9-24-8-12/h4,6-11,15H,2-3,5H2,1H3,(H,26,30)/t11-,15-/m1/s1. The number of aromatic nitrogens is 4. The van der Waals surface area contributed by atoms with E-state index in [4.69, 9.17) is 0 Å². The summed E-state index contributed by atoms with van der Waals surface area (Å²) < 4.78 is 53.3. The van der Waals surface area contributed by atoms with Gasteiger partial charge in [-0.3, -0.25) is 9.78 Å². The number of pyridine rings is 1. The normalized spacial score (nSPS) is 18.0. The summed E-state index contributed by atoms with van der Waals surface area (Å²) in [5.41, 5.74) is 0.790. The summed E-state index contributed by atoms with van der Waals surface area (Å²) in [7, 11) is 0. The highest BCUT2D eigenvalue weighted by Crippen LogP contribution is 2.35. The molecule has 4 rings (SSSR count). The quantitative estimate of drug-likeness (QED) is 0.653. The van der Waals surface area contributed by atoms with Gasteiger partial charge in [0, 0.05) is 18.9 Å². The van der Waals surface area contributed by atoms with E-state index in [1.165, 1.54) is 16.8 Å². The van der Waals surface area contributed by atoms with Crippen molar-refractivity contribution in [1.29, 1.82) is 0 Å². The van der Waals surface area contributed by atoms with Gasteiger partial charge in [0.2, 0.25) is 0 Å². The second-order valence-electron chi connectivity index (χ2n) is 7.14. The minimum Gasteiger partial charge on any atom is -0.349 e. The van der Waals surface area contributed by atoms with Crippen LogP contribution < -0.4 is 10.2 Å². The third kappa shape index (κ3) is 3.79. The summed E-state index contributed by atoms with van der Waals surface area (Å²) >= 11 is 0. The molecule has 2 atom stereocenters. The van der Waals surface area contributed by atoms with Crippen molar-refractivity contribution in [2.45, 2.75) is 38.0 Å². The molecule has 7 nitrogen and oxygen atoms in total. The lowest BCUT2D eigenvalue weighted by atomic mass is 10.1. The molecule has 0 unspecified atom stereocenters. The highest BCUT2D eigenvalue weighted by Gasteiger charge is 2.37. The third-order valence-corrected chi connectivity index (χ3v) is 5.10. The topological polar surface area (TPSA) is 75.4 Å². The number of fused-ring (bicyclic) bond motifs is 1. The summed E-state index contributed by atoms with van der Waals surface area (Å²) in [4.78, 5) is 22.7. The monoisotopic (exact) mass is 422 g/mol. The molecule has 0 aliphatic carbocycles. The van der Waals surface area contributed by atoms with Gasteiger partial charge in [-0.1, -0.05) is 0 Å². The number of halogens is 4. The van der Waals surface area contributed by atoms with Gasteiger partial charge in [-0.2, -0.15) is 18.3 Å². The van der Waals surface area contributed by atoms with E-state index in [2.05, 4.69) is 15.1 Å². The van der Waals surface area contributed by atoms with Crippen LogP contribution in [-0.2, 0) is 0 Å². The molecule has 0 spiro atoms. The van der Waals surface area contributed by atoms with Gasteiger partial charge in [0.25, 0.3) is 5.91 Å². The van der Waals surface area contributed by atoms with Crippen molar-refractivity contribution in [3.8, 4) is 0 Å². The minimum atomic E-state index is -4.56. The molecule has 4 heterocycles. The number of hydrogen-bond donors (Lipinski definition) is 1. The molecule has 3 aromatic rings. The zero-order chi connectivity index (χ0) is 21.5. The Kier molecular flexibility index (Phi) is 5.04. The SMILES string of the molecule is C[C@@H](NC(=O)c1cnn2ccc(N3CCC[C@@H]3c3cncc(F)c3)nc12)C(F)(F)F. The van der Waals surface area contributed by atoms with Crippen LogP contribution in [0.4, 0.5) is 23.4 Å². The van der Waals surface area contributed by atoms with E-state index in [0.29, 0.717) is 17.9 Å². The Morgan fingerprint density at radius 1 is 1.30 bits per heavy atom. The van der Waals surface area contributed by atoms with Crippen molar-refractivity contribution in [2.75, 3.05) is 11.4 Å². The molecular formula is C19H18F4N6O. The molecule has 158 valence electrons. The fraction of sp³-hybridized carbons (Fsp3) is 0.368. The number of nitrogens with zero attached hydrogens (tertiary/aromatic N) is 5. The maximum absolute atomic E-state index is 13.6. The summed E-state index contributed by atoms with van der Waals surface area (Å²) in [5.74, 6) is -0.823. The molecule has 1 saturated heterocycles. The molecule has 3 aromatic heterocycles. The van der Waals surface area contributed by atoms with Crippen LogP contribution in [0, 0.1) is 5.82 Å². The largest absolute Gasteiger partial charge is 0.408 e. The van der Waals surface area contributed by atoms with Crippen molar-refractivity contribution in [3.63, 3.8) is 0 Å². The van der Waals surface area contributed by atoms with Gasteiger partial charge in [0.05, 0.1) is 18.4 Å². The van der Waals surface area contributed by atoms with Crippen molar-refractivity contribution in [2.24, 2.45) is 0 Å². The zero-order valence-corrected chi connectivity index (χ0v) is 15.9. The average molecular weight is 422 g/mol. The second kappa shape index (κ2) is 7.54. The molecule has 1 N–H and O–H groups in total. The second-order valence-corrected chi connectivity index (χ2v) is 7.14. The van der Waals surface area contributed by atoms with Crippen LogP contribution in [0.3, 0.4) is 0 Å². The van der Waals surface area contributed by atoms with E-state index < -0.39 is 23.9 Å². The number of carbonyl (C=O) groups is 1. The molecule has 1 aliphatic heterocycles. The molecule has 0 saturated carbocycles. The van der Waals surface area contributed by atoms with Gasteiger partial charge in [0.15, 0.2) is 5.65 Å². The maximum Gasteiger partial charge on any atom is 0.408 e. The lowest BCUT2D eigenvalue weighted by Gasteiger charge is -2.26. The Hall–Kier alpha value is -3.24. The Bertz CT molecular complexity index is 1080. The van der Waals surface area contributed by atoms with E-state index >= 15 is 0 Å². The predicted molar refractivity (Wildman–Crippen MR) is 99.5 cm³/mol. The molecule has 0 bridgehead atoms. The third-order valence-electron chi connectivity index (χ3n) is 5.10. The first-order valence-electron chi connectivity index (χ1n) is 9.33. The molecule has 0 aromatic carbocycles. The Morgan fingerprint density at radius 3 is 2.83 bits per heavy atom. The molecule has 0 radical (unpaired) electrons. The highest BCUT2D eigenvalue weighted by atomic mass is 19.4. The predicted octanol–water partition coefficient (Wildman–Crippen LogP) is 3.29. The number of hydrogen-bond acceptors (Lipinski definition) is 5. The Balaban J connectivity index is 1.65. The van der Waals surface area contributed by atoms with Crippen LogP contribution in [0.2, 0.25) is 0 Å². The van der Waals surface area contributed by atoms with Crippen molar-refractivity contribution in [3.05, 3.63) is 53.9 Å². The fourth-order valence-electron chi connectivity index (χ4n) is 3.53. The zero-order valence-electron chi connectivity index (χ0n) is 15.9. The van der Waals surface area contributed by atoms with Crippen molar-refractivity contribution >= 4 is 17.4 Å². The average Bonchev–Trinajstić information content (AvgIpc) is 3.33. The smallest absolute Gasteiger partial charge is 0.349 e. The number of alkyl halides is 3. The molecule has 1 aliphatic rings. The molecule has 30 heavy (non-hydrogen) atoms. The van der Waals surface area contributed by atoms with E-state index in [1.807, 2.05) is 10.2 Å². The molecule has 1 amide bonds. The first kappa shape index (κ1) is 20.0. The number of anilines is 1. The van der Waals surface area contributed by atoms with E-state index in [0.717, 1.165) is 26.0 Å². The minimum absolute atomic E-state index is 0.0591. The van der Waals surface area contributed by atoms with Crippen LogP contribution in [0.5, 0.6) is 0 Å². The van der Waals surface area contributed by atoms with E-state index in [9.17, 15) is 22.4 Å². The van der Waals surface area contributed by atoms with Crippen LogP contribution in [0.25, 0.3) is 5.65 Å². The first-order chi connectivity index (χ1) is 14.2. The van der Waals surface area contributed by atoms with Gasteiger partial charge < -0.3 is 10.2 Å². The number of rotatable bonds is 4. The lowest BCUT2D eigenvalue weighted by molar-refractivity contribution is -0.149. The van der Waals surface area contributed by atoms with Crippen LogP contribution in [0.15, 0.2) is 36.9 Å². The van der Waals surface area contributed by atoms with Crippen LogP contribution >= 0.6 is 0 Å². The highest BCUT2D eigenvalue weighted by molar-refractivity contribution is 6.00. The molecular weight excluding hydrogens is 404 g/mol. The van der Waals surface area contributed by atoms with Gasteiger partial charge in [-0.15, -0.1) is 0 Å². The van der Waals surface area contributed by atoms with E-state index in [-0.39, 0.29) is 17.3 Å². The molecule has 1 fully saturated rings. The van der Waals surface area contributed by atoms with E-state index in [1.54, 1.807) is 18.5 Å². The maximum atomic E-state index is 13.6. The number of nitrogens with one attached hydrogen (secondary N) is 1. The Morgan fingerprint density at radius 2 is 2.10 bits per heavy atom. The van der Waals surface area contributed by atoms with Crippen molar-refractivity contribution in [1.82, 2.24) is 24.9 Å². The number of amides is 1. The lowest BCUT2D eigenvalue weighted by Crippen LogP contribution is -2.43. The summed E-state index contributed by atoms with van der Waals surface area (Å²) in [6.45, 7) is 1.52. The van der Waals surface area contributed by atoms with Crippen LogP contribution in [-0.4, -0.2) is 44.3 Å². The first-order valence-corrected chi connectivity index (χ1v) is 9.33. The summed E-state index contributed by atoms with van der Waals surface area (Å²) in [6, 6.07) is 0.968. The Labute approximate surface area is 168 Å². The van der Waals surface area contributed by atoms with Crippen molar-refractivity contribution < 1.29 is 22.4 Å².